The minimum absolute atomic E-state index is 0.0816. The standard InChI is InChI=1S/C31H32N4O4/c36-19-24(17-21-13-15-23(16-14-21)34-31(38)33-22-7-2-1-3-8-22)32-18-25(37)20-39-29-12-6-11-28-30(29)26-9-4-5-10-27(26)35-28/h1-16,24-25,32,35-37H,17-20H2,(H2,33,34,38)/t24-,25-/m0/s1. The van der Waals surface area contributed by atoms with Crippen molar-refractivity contribution in [2.24, 2.45) is 0 Å². The molecule has 6 N–H and O–H groups in total. The van der Waals surface area contributed by atoms with Crippen molar-refractivity contribution in [1.29, 1.82) is 0 Å². The van der Waals surface area contributed by atoms with Crippen LogP contribution >= 0.6 is 0 Å². The number of hydrogen-bond acceptors (Lipinski definition) is 5. The van der Waals surface area contributed by atoms with Crippen LogP contribution in [0.5, 0.6) is 5.75 Å². The number of amides is 2. The van der Waals surface area contributed by atoms with Crippen LogP contribution in [0.2, 0.25) is 0 Å². The minimum Gasteiger partial charge on any atom is -0.490 e. The maximum absolute atomic E-state index is 12.2. The molecule has 0 saturated carbocycles. The largest absolute Gasteiger partial charge is 0.490 e. The van der Waals surface area contributed by atoms with Gasteiger partial charge in [-0.2, -0.15) is 0 Å². The van der Waals surface area contributed by atoms with Gasteiger partial charge in [0.2, 0.25) is 0 Å². The first-order valence-electron chi connectivity index (χ1n) is 13.0. The number of fused-ring (bicyclic) bond motifs is 3. The molecule has 8 nitrogen and oxygen atoms in total. The van der Waals surface area contributed by atoms with Crippen molar-refractivity contribution >= 4 is 39.2 Å². The number of benzene rings is 4. The zero-order chi connectivity index (χ0) is 27.0. The van der Waals surface area contributed by atoms with Crippen LogP contribution < -0.4 is 20.7 Å². The molecule has 1 aromatic heterocycles. The fourth-order valence-corrected chi connectivity index (χ4v) is 4.56. The van der Waals surface area contributed by atoms with Gasteiger partial charge in [0, 0.05) is 40.3 Å². The molecule has 1 heterocycles. The first kappa shape index (κ1) is 26.2. The molecule has 0 bridgehead atoms. The molecular weight excluding hydrogens is 492 g/mol. The highest BCUT2D eigenvalue weighted by Crippen LogP contribution is 2.33. The first-order chi connectivity index (χ1) is 19.1. The summed E-state index contributed by atoms with van der Waals surface area (Å²) in [5.74, 6) is 0.717. The summed E-state index contributed by atoms with van der Waals surface area (Å²) in [4.78, 5) is 15.6. The van der Waals surface area contributed by atoms with E-state index in [0.717, 1.165) is 27.4 Å². The summed E-state index contributed by atoms with van der Waals surface area (Å²) in [5, 5.41) is 31.3. The number of hydrogen-bond donors (Lipinski definition) is 6. The predicted octanol–water partition coefficient (Wildman–Crippen LogP) is 4.90. The van der Waals surface area contributed by atoms with Gasteiger partial charge in [-0.3, -0.25) is 0 Å². The third-order valence-corrected chi connectivity index (χ3v) is 6.51. The van der Waals surface area contributed by atoms with Crippen molar-refractivity contribution in [3.63, 3.8) is 0 Å². The molecule has 0 aliphatic carbocycles. The van der Waals surface area contributed by atoms with Gasteiger partial charge in [0.25, 0.3) is 0 Å². The molecular formula is C31H32N4O4. The Morgan fingerprint density at radius 3 is 2.28 bits per heavy atom. The Morgan fingerprint density at radius 2 is 1.51 bits per heavy atom. The molecule has 39 heavy (non-hydrogen) atoms. The van der Waals surface area contributed by atoms with Gasteiger partial charge in [0.1, 0.15) is 18.5 Å². The Kier molecular flexibility index (Phi) is 8.38. The third kappa shape index (κ3) is 6.74. The number of aromatic nitrogens is 1. The topological polar surface area (TPSA) is 119 Å². The zero-order valence-electron chi connectivity index (χ0n) is 21.4. The summed E-state index contributed by atoms with van der Waals surface area (Å²) in [6, 6.07) is 30.0. The summed E-state index contributed by atoms with van der Waals surface area (Å²) in [5.41, 5.74) is 4.40. The number of urea groups is 1. The van der Waals surface area contributed by atoms with Gasteiger partial charge in [-0.25, -0.2) is 4.79 Å². The predicted molar refractivity (Wildman–Crippen MR) is 155 cm³/mol. The molecule has 0 aliphatic rings. The second-order valence-corrected chi connectivity index (χ2v) is 9.45. The van der Waals surface area contributed by atoms with Crippen LogP contribution in [-0.2, 0) is 6.42 Å². The lowest BCUT2D eigenvalue weighted by Gasteiger charge is -2.20. The molecule has 2 atom stereocenters. The molecule has 0 spiro atoms. The lowest BCUT2D eigenvalue weighted by molar-refractivity contribution is 0.100. The highest BCUT2D eigenvalue weighted by atomic mass is 16.5. The van der Waals surface area contributed by atoms with Gasteiger partial charge >= 0.3 is 6.03 Å². The zero-order valence-corrected chi connectivity index (χ0v) is 21.4. The average Bonchev–Trinajstić information content (AvgIpc) is 3.35. The van der Waals surface area contributed by atoms with Crippen LogP contribution in [0.1, 0.15) is 5.56 Å². The van der Waals surface area contributed by atoms with Crippen LogP contribution in [0.3, 0.4) is 0 Å². The molecule has 2 amide bonds. The Labute approximate surface area is 226 Å². The van der Waals surface area contributed by atoms with Gasteiger partial charge in [-0.15, -0.1) is 0 Å². The number of carbonyl (C=O) groups excluding carboxylic acids is 1. The van der Waals surface area contributed by atoms with Gasteiger partial charge < -0.3 is 35.9 Å². The minimum atomic E-state index is -0.755. The summed E-state index contributed by atoms with van der Waals surface area (Å²) >= 11 is 0. The van der Waals surface area contributed by atoms with Crippen LogP contribution in [0.25, 0.3) is 21.8 Å². The summed E-state index contributed by atoms with van der Waals surface area (Å²) in [7, 11) is 0. The number of nitrogens with one attached hydrogen (secondary N) is 4. The normalized spacial score (nSPS) is 12.8. The fraction of sp³-hybridized carbons (Fsp3) is 0.194. The second-order valence-electron chi connectivity index (χ2n) is 9.45. The SMILES string of the molecule is O=C(Nc1ccccc1)Nc1ccc(C[C@@H](CO)NC[C@H](O)COc2cccc3[nH]c4ccccc4c23)cc1. The Morgan fingerprint density at radius 1 is 0.821 bits per heavy atom. The van der Waals surface area contributed by atoms with Crippen molar-refractivity contribution in [1.82, 2.24) is 10.3 Å². The van der Waals surface area contributed by atoms with E-state index in [4.69, 9.17) is 4.74 Å². The Balaban J connectivity index is 1.10. The Bertz CT molecular complexity index is 1520. The number of H-pyrrole nitrogens is 1. The molecule has 0 aliphatic heterocycles. The Hall–Kier alpha value is -4.37. The van der Waals surface area contributed by atoms with Crippen molar-refractivity contribution in [3.05, 3.63) is 103 Å². The van der Waals surface area contributed by atoms with E-state index in [2.05, 4.69) is 20.9 Å². The van der Waals surface area contributed by atoms with Crippen molar-refractivity contribution in [3.8, 4) is 5.75 Å². The number of aliphatic hydroxyl groups excluding tert-OH is 2. The highest BCUT2D eigenvalue weighted by molar-refractivity contribution is 6.10. The van der Waals surface area contributed by atoms with Crippen LogP contribution in [0, 0.1) is 0 Å². The molecule has 200 valence electrons. The molecule has 8 heteroatoms. The number of rotatable bonds is 11. The van der Waals surface area contributed by atoms with E-state index in [-0.39, 0.29) is 31.8 Å². The second kappa shape index (κ2) is 12.4. The van der Waals surface area contributed by atoms with Crippen LogP contribution in [0.4, 0.5) is 16.2 Å². The molecule has 0 saturated heterocycles. The summed E-state index contributed by atoms with van der Waals surface area (Å²) < 4.78 is 6.00. The summed E-state index contributed by atoms with van der Waals surface area (Å²) in [6.07, 6.45) is -0.191. The van der Waals surface area contributed by atoms with Gasteiger partial charge in [-0.1, -0.05) is 54.6 Å². The number of ether oxygens (including phenoxy) is 1. The van der Waals surface area contributed by atoms with E-state index < -0.39 is 6.10 Å². The van der Waals surface area contributed by atoms with Gasteiger partial charge in [-0.05, 0) is 54.4 Å². The maximum atomic E-state index is 12.2. The maximum Gasteiger partial charge on any atom is 0.323 e. The number of para-hydroxylation sites is 2. The van der Waals surface area contributed by atoms with E-state index in [1.807, 2.05) is 97.1 Å². The molecule has 0 fully saturated rings. The fourth-order valence-electron chi connectivity index (χ4n) is 4.56. The summed E-state index contributed by atoms with van der Waals surface area (Å²) in [6.45, 7) is 0.311. The van der Waals surface area contributed by atoms with Crippen molar-refractivity contribution in [2.45, 2.75) is 18.6 Å². The van der Waals surface area contributed by atoms with E-state index in [1.54, 1.807) is 0 Å². The van der Waals surface area contributed by atoms with Crippen LogP contribution in [0.15, 0.2) is 97.1 Å². The average molecular weight is 525 g/mol. The van der Waals surface area contributed by atoms with E-state index in [9.17, 15) is 15.0 Å². The molecule has 4 aromatic carbocycles. The van der Waals surface area contributed by atoms with Gasteiger partial charge in [0.15, 0.2) is 0 Å². The van der Waals surface area contributed by atoms with Crippen LogP contribution in [-0.4, -0.2) is 53.1 Å². The molecule has 0 radical (unpaired) electrons. The molecule has 0 unspecified atom stereocenters. The number of aliphatic hydroxyl groups is 2. The van der Waals surface area contributed by atoms with Gasteiger partial charge in [0.05, 0.1) is 12.1 Å². The number of aromatic amines is 1. The lowest BCUT2D eigenvalue weighted by Crippen LogP contribution is -2.41. The van der Waals surface area contributed by atoms with Crippen molar-refractivity contribution < 1.29 is 19.7 Å². The smallest absolute Gasteiger partial charge is 0.323 e. The lowest BCUT2D eigenvalue weighted by atomic mass is 10.1. The highest BCUT2D eigenvalue weighted by Gasteiger charge is 2.14. The molecule has 5 rings (SSSR count). The number of carbonyl (C=O) groups is 1. The monoisotopic (exact) mass is 524 g/mol. The van der Waals surface area contributed by atoms with E-state index >= 15 is 0 Å². The quantitative estimate of drug-likeness (QED) is 0.147. The van der Waals surface area contributed by atoms with Crippen molar-refractivity contribution in [2.75, 3.05) is 30.4 Å². The van der Waals surface area contributed by atoms with E-state index in [1.165, 1.54) is 0 Å². The molecule has 5 aromatic rings. The van der Waals surface area contributed by atoms with E-state index in [0.29, 0.717) is 23.5 Å². The first-order valence-corrected chi connectivity index (χ1v) is 13.0. The third-order valence-electron chi connectivity index (χ3n) is 6.51. The number of anilines is 2.